The summed E-state index contributed by atoms with van der Waals surface area (Å²) in [7, 11) is -3.37. The molecule has 2 rings (SSSR count). The quantitative estimate of drug-likeness (QED) is 0.875. The second kappa shape index (κ2) is 7.27. The predicted octanol–water partition coefficient (Wildman–Crippen LogP) is 1.36. The molecule has 7 heteroatoms. The Morgan fingerprint density at radius 2 is 1.59 bits per heavy atom. The summed E-state index contributed by atoms with van der Waals surface area (Å²) in [6.45, 7) is 9.25. The molecule has 0 saturated carbocycles. The monoisotopic (exact) mass is 345 g/mol. The maximum Gasteiger partial charge on any atom is 0.210 e. The van der Waals surface area contributed by atoms with Crippen LogP contribution in [-0.4, -0.2) is 56.7 Å². The smallest absolute Gasteiger partial charge is 0.210 e. The molecule has 1 aliphatic heterocycles. The van der Waals surface area contributed by atoms with Crippen molar-refractivity contribution < 1.29 is 8.42 Å². The second-order valence-electron chi connectivity index (χ2n) is 6.00. The van der Waals surface area contributed by atoms with Gasteiger partial charge in [-0.15, -0.1) is 0 Å². The number of hydrogen-bond acceptors (Lipinski definition) is 4. The lowest BCUT2D eigenvalue weighted by Crippen LogP contribution is -2.47. The Morgan fingerprint density at radius 1 is 1.09 bits per heavy atom. The van der Waals surface area contributed by atoms with Crippen LogP contribution in [0.1, 0.15) is 16.7 Å². The fraction of sp³-hybridized carbons (Fsp3) is 0.600. The molecule has 1 aromatic carbocycles. The van der Waals surface area contributed by atoms with Gasteiger partial charge in [-0.1, -0.05) is 11.6 Å². The Morgan fingerprint density at radius 3 is 2.09 bits per heavy atom. The van der Waals surface area contributed by atoms with Crippen LogP contribution >= 0.6 is 11.6 Å². The van der Waals surface area contributed by atoms with Crippen molar-refractivity contribution in [3.05, 3.63) is 33.8 Å². The fourth-order valence-electron chi connectivity index (χ4n) is 2.84. The van der Waals surface area contributed by atoms with Crippen LogP contribution in [0.5, 0.6) is 0 Å². The van der Waals surface area contributed by atoms with Crippen molar-refractivity contribution in [3.8, 4) is 0 Å². The highest BCUT2D eigenvalue weighted by atomic mass is 35.5. The first-order valence-corrected chi connectivity index (χ1v) is 9.55. The van der Waals surface area contributed by atoms with Gasteiger partial charge in [0.2, 0.25) is 10.0 Å². The van der Waals surface area contributed by atoms with Crippen LogP contribution in [0.2, 0.25) is 5.02 Å². The van der Waals surface area contributed by atoms with E-state index in [1.807, 2.05) is 12.1 Å². The Bertz CT molecular complexity index is 603. The highest BCUT2D eigenvalue weighted by Crippen LogP contribution is 2.22. The SMILES string of the molecule is Cc1cc(Cl)cc(C)c1CN1CCN(CCS(N)(=O)=O)CC1. The third-order valence-corrected chi connectivity index (χ3v) is 5.17. The van der Waals surface area contributed by atoms with E-state index >= 15 is 0 Å². The molecular formula is C15H24ClN3O2S. The van der Waals surface area contributed by atoms with E-state index in [2.05, 4.69) is 23.6 Å². The van der Waals surface area contributed by atoms with Gasteiger partial charge in [-0.25, -0.2) is 13.6 Å². The van der Waals surface area contributed by atoms with E-state index < -0.39 is 10.0 Å². The molecule has 124 valence electrons. The van der Waals surface area contributed by atoms with Crippen LogP contribution in [0, 0.1) is 13.8 Å². The molecule has 0 spiro atoms. The normalized spacial score (nSPS) is 17.8. The minimum atomic E-state index is -3.37. The van der Waals surface area contributed by atoms with Crippen LogP contribution in [0.15, 0.2) is 12.1 Å². The highest BCUT2D eigenvalue weighted by Gasteiger charge is 2.19. The van der Waals surface area contributed by atoms with Gasteiger partial charge in [0.05, 0.1) is 5.75 Å². The molecule has 0 aliphatic carbocycles. The number of primary sulfonamides is 1. The summed E-state index contributed by atoms with van der Waals surface area (Å²) in [6.07, 6.45) is 0. The molecule has 0 aromatic heterocycles. The topological polar surface area (TPSA) is 66.6 Å². The lowest BCUT2D eigenvalue weighted by molar-refractivity contribution is 0.132. The van der Waals surface area contributed by atoms with Crippen molar-refractivity contribution in [1.29, 1.82) is 0 Å². The van der Waals surface area contributed by atoms with Gasteiger partial charge in [0, 0.05) is 44.3 Å². The van der Waals surface area contributed by atoms with Crippen molar-refractivity contribution in [3.63, 3.8) is 0 Å². The molecule has 1 heterocycles. The van der Waals surface area contributed by atoms with E-state index in [4.69, 9.17) is 16.7 Å². The van der Waals surface area contributed by atoms with Gasteiger partial charge in [0.25, 0.3) is 0 Å². The molecule has 0 radical (unpaired) electrons. The van der Waals surface area contributed by atoms with Gasteiger partial charge >= 0.3 is 0 Å². The van der Waals surface area contributed by atoms with Gasteiger partial charge < -0.3 is 0 Å². The molecule has 0 unspecified atom stereocenters. The van der Waals surface area contributed by atoms with Crippen molar-refractivity contribution in [2.75, 3.05) is 38.5 Å². The predicted molar refractivity (Wildman–Crippen MR) is 90.6 cm³/mol. The van der Waals surface area contributed by atoms with Crippen molar-refractivity contribution in [2.45, 2.75) is 20.4 Å². The standard InChI is InChI=1S/C15H24ClN3O2S/c1-12-9-14(16)10-13(2)15(12)11-19-5-3-18(4-6-19)7-8-22(17,20)21/h9-10H,3-8,11H2,1-2H3,(H2,17,20,21). The van der Waals surface area contributed by atoms with E-state index in [0.29, 0.717) is 6.54 Å². The zero-order valence-electron chi connectivity index (χ0n) is 13.2. The third kappa shape index (κ3) is 5.21. The summed E-state index contributed by atoms with van der Waals surface area (Å²) < 4.78 is 22.0. The summed E-state index contributed by atoms with van der Waals surface area (Å²) in [4.78, 5) is 4.55. The number of aryl methyl sites for hydroxylation is 2. The minimum Gasteiger partial charge on any atom is -0.300 e. The number of rotatable bonds is 5. The van der Waals surface area contributed by atoms with Crippen molar-refractivity contribution in [1.82, 2.24) is 9.80 Å². The Hall–Kier alpha value is -0.660. The second-order valence-corrected chi connectivity index (χ2v) is 8.17. The lowest BCUT2D eigenvalue weighted by Gasteiger charge is -2.35. The molecule has 5 nitrogen and oxygen atoms in total. The third-order valence-electron chi connectivity index (χ3n) is 4.20. The summed E-state index contributed by atoms with van der Waals surface area (Å²) in [6, 6.07) is 4.01. The first-order valence-electron chi connectivity index (χ1n) is 7.45. The zero-order chi connectivity index (χ0) is 16.3. The largest absolute Gasteiger partial charge is 0.300 e. The molecule has 2 N–H and O–H groups in total. The molecule has 22 heavy (non-hydrogen) atoms. The van der Waals surface area contributed by atoms with Crippen LogP contribution in [-0.2, 0) is 16.6 Å². The molecule has 1 aromatic rings. The summed E-state index contributed by atoms with van der Waals surface area (Å²) >= 11 is 6.08. The molecule has 1 aliphatic rings. The first-order chi connectivity index (χ1) is 10.2. The molecular weight excluding hydrogens is 322 g/mol. The van der Waals surface area contributed by atoms with Gasteiger partial charge in [-0.2, -0.15) is 0 Å². The van der Waals surface area contributed by atoms with Gasteiger partial charge in [-0.05, 0) is 42.7 Å². The average molecular weight is 346 g/mol. The van der Waals surface area contributed by atoms with Crippen LogP contribution in [0.4, 0.5) is 0 Å². The molecule has 0 atom stereocenters. The molecule has 0 bridgehead atoms. The van der Waals surface area contributed by atoms with Crippen molar-refractivity contribution >= 4 is 21.6 Å². The number of hydrogen-bond donors (Lipinski definition) is 1. The number of piperazine rings is 1. The number of halogens is 1. The summed E-state index contributed by atoms with van der Waals surface area (Å²) in [5, 5.41) is 5.84. The Balaban J connectivity index is 1.88. The van der Waals surface area contributed by atoms with Gasteiger partial charge in [-0.3, -0.25) is 9.80 Å². The Kier molecular flexibility index (Phi) is 5.85. The lowest BCUT2D eigenvalue weighted by atomic mass is 10.0. The zero-order valence-corrected chi connectivity index (χ0v) is 14.8. The molecule has 1 saturated heterocycles. The van der Waals surface area contributed by atoms with Crippen LogP contribution in [0.3, 0.4) is 0 Å². The molecule has 0 amide bonds. The highest BCUT2D eigenvalue weighted by molar-refractivity contribution is 7.89. The van der Waals surface area contributed by atoms with Gasteiger partial charge in [0.15, 0.2) is 0 Å². The first kappa shape index (κ1) is 17.7. The van der Waals surface area contributed by atoms with E-state index in [1.165, 1.54) is 16.7 Å². The fourth-order valence-corrected chi connectivity index (χ4v) is 3.68. The Labute approximate surface area is 138 Å². The average Bonchev–Trinajstić information content (AvgIpc) is 2.41. The number of sulfonamides is 1. The number of benzene rings is 1. The van der Waals surface area contributed by atoms with E-state index in [-0.39, 0.29) is 5.75 Å². The number of nitrogens with zero attached hydrogens (tertiary/aromatic N) is 2. The number of nitrogens with two attached hydrogens (primary N) is 1. The van der Waals surface area contributed by atoms with Gasteiger partial charge in [0.1, 0.15) is 0 Å². The maximum atomic E-state index is 11.0. The summed E-state index contributed by atoms with van der Waals surface area (Å²) in [5.41, 5.74) is 3.78. The maximum absolute atomic E-state index is 11.0. The van der Waals surface area contributed by atoms with E-state index in [9.17, 15) is 8.42 Å². The van der Waals surface area contributed by atoms with Crippen LogP contribution < -0.4 is 5.14 Å². The summed E-state index contributed by atoms with van der Waals surface area (Å²) in [5.74, 6) is 0.0302. The van der Waals surface area contributed by atoms with E-state index in [1.54, 1.807) is 0 Å². The van der Waals surface area contributed by atoms with E-state index in [0.717, 1.165) is 37.7 Å². The van der Waals surface area contributed by atoms with Crippen LogP contribution in [0.25, 0.3) is 0 Å². The minimum absolute atomic E-state index is 0.0302. The van der Waals surface area contributed by atoms with Crippen molar-refractivity contribution in [2.24, 2.45) is 5.14 Å². The molecule has 1 fully saturated rings.